The molecule has 2 amide bonds. The number of nitrogens with one attached hydrogen (secondary N) is 1. The van der Waals surface area contributed by atoms with Crippen molar-refractivity contribution in [1.82, 2.24) is 10.2 Å². The van der Waals surface area contributed by atoms with Gasteiger partial charge in [0.2, 0.25) is 21.8 Å². The predicted molar refractivity (Wildman–Crippen MR) is 139 cm³/mol. The van der Waals surface area contributed by atoms with Gasteiger partial charge >= 0.3 is 0 Å². The van der Waals surface area contributed by atoms with Crippen molar-refractivity contribution in [3.05, 3.63) is 59.7 Å². The lowest BCUT2D eigenvalue weighted by molar-refractivity contribution is -0.140. The number of carbonyl (C=O) groups is 2. The third-order valence-electron chi connectivity index (χ3n) is 5.86. The first-order valence-electron chi connectivity index (χ1n) is 11.9. The molecule has 0 aliphatic rings. The number of unbranched alkanes of at least 4 members (excludes halogenated alkanes) is 1. The molecular formula is C26H37N3O5S. The van der Waals surface area contributed by atoms with Crippen LogP contribution < -0.4 is 14.4 Å². The van der Waals surface area contributed by atoms with Crippen molar-refractivity contribution in [1.29, 1.82) is 0 Å². The molecule has 2 aromatic rings. The molecule has 1 atom stereocenters. The molecular weight excluding hydrogens is 466 g/mol. The van der Waals surface area contributed by atoms with Gasteiger partial charge in [-0.1, -0.05) is 44.5 Å². The van der Waals surface area contributed by atoms with Gasteiger partial charge in [0.05, 0.1) is 19.1 Å². The Morgan fingerprint density at radius 1 is 1.06 bits per heavy atom. The molecule has 2 rings (SSSR count). The van der Waals surface area contributed by atoms with E-state index in [0.717, 1.165) is 34.5 Å². The second kappa shape index (κ2) is 13.1. The van der Waals surface area contributed by atoms with Crippen LogP contribution in [0.25, 0.3) is 0 Å². The SMILES string of the molecule is CCCCNC(=O)[C@H](CC)N(Cc1ccccc1C)C(=O)CN(c1ccc(OC)cc1)S(C)(=O)=O. The van der Waals surface area contributed by atoms with Gasteiger partial charge in [0.1, 0.15) is 18.3 Å². The van der Waals surface area contributed by atoms with Crippen LogP contribution in [0.15, 0.2) is 48.5 Å². The van der Waals surface area contributed by atoms with E-state index in [-0.39, 0.29) is 12.5 Å². The van der Waals surface area contributed by atoms with Crippen LogP contribution in [-0.2, 0) is 26.2 Å². The number of benzene rings is 2. The summed E-state index contributed by atoms with van der Waals surface area (Å²) in [6, 6.07) is 13.4. The number of anilines is 1. The zero-order valence-electron chi connectivity index (χ0n) is 21.3. The van der Waals surface area contributed by atoms with Crippen LogP contribution in [-0.4, -0.2) is 57.6 Å². The molecule has 0 aliphatic carbocycles. The number of aryl methyl sites for hydroxylation is 1. The predicted octanol–water partition coefficient (Wildman–Crippen LogP) is 3.49. The highest BCUT2D eigenvalue weighted by Crippen LogP contribution is 2.23. The Bertz CT molecular complexity index is 1090. The van der Waals surface area contributed by atoms with E-state index in [1.165, 1.54) is 12.0 Å². The van der Waals surface area contributed by atoms with E-state index >= 15 is 0 Å². The quantitative estimate of drug-likeness (QED) is 0.422. The first kappa shape index (κ1) is 28.2. The summed E-state index contributed by atoms with van der Waals surface area (Å²) in [5.74, 6) is -0.116. The Labute approximate surface area is 209 Å². The zero-order chi connectivity index (χ0) is 26.0. The molecule has 2 aromatic carbocycles. The summed E-state index contributed by atoms with van der Waals surface area (Å²) >= 11 is 0. The highest BCUT2D eigenvalue weighted by molar-refractivity contribution is 7.92. The normalized spacial score (nSPS) is 12.0. The van der Waals surface area contributed by atoms with Gasteiger partial charge in [-0.2, -0.15) is 0 Å². The van der Waals surface area contributed by atoms with Crippen molar-refractivity contribution >= 4 is 27.5 Å². The summed E-state index contributed by atoms with van der Waals surface area (Å²) in [6.45, 7) is 6.14. The molecule has 0 aromatic heterocycles. The minimum absolute atomic E-state index is 0.200. The highest BCUT2D eigenvalue weighted by atomic mass is 32.2. The van der Waals surface area contributed by atoms with E-state index in [4.69, 9.17) is 4.74 Å². The van der Waals surface area contributed by atoms with Crippen molar-refractivity contribution in [3.63, 3.8) is 0 Å². The second-order valence-corrected chi connectivity index (χ2v) is 10.4. The van der Waals surface area contributed by atoms with Crippen LogP contribution in [0.2, 0.25) is 0 Å². The van der Waals surface area contributed by atoms with Crippen molar-refractivity contribution < 1.29 is 22.7 Å². The Morgan fingerprint density at radius 3 is 2.26 bits per heavy atom. The number of methoxy groups -OCH3 is 1. The fraction of sp³-hybridized carbons (Fsp3) is 0.462. The molecule has 0 unspecified atom stereocenters. The summed E-state index contributed by atoms with van der Waals surface area (Å²) < 4.78 is 31.5. The lowest BCUT2D eigenvalue weighted by Gasteiger charge is -2.33. The van der Waals surface area contributed by atoms with E-state index in [1.54, 1.807) is 24.3 Å². The number of ether oxygens (including phenoxy) is 1. The molecule has 0 bridgehead atoms. The fourth-order valence-corrected chi connectivity index (χ4v) is 4.61. The summed E-state index contributed by atoms with van der Waals surface area (Å²) in [5.41, 5.74) is 2.23. The van der Waals surface area contributed by atoms with Gasteiger partial charge in [0, 0.05) is 13.1 Å². The molecule has 0 fully saturated rings. The molecule has 0 heterocycles. The largest absolute Gasteiger partial charge is 0.497 e. The lowest BCUT2D eigenvalue weighted by Crippen LogP contribution is -2.52. The zero-order valence-corrected chi connectivity index (χ0v) is 22.1. The molecule has 1 N–H and O–H groups in total. The Kier molecular flexibility index (Phi) is 10.6. The monoisotopic (exact) mass is 503 g/mol. The number of nitrogens with zero attached hydrogens (tertiary/aromatic N) is 2. The summed E-state index contributed by atoms with van der Waals surface area (Å²) in [4.78, 5) is 28.2. The molecule has 0 spiro atoms. The van der Waals surface area contributed by atoms with E-state index < -0.39 is 28.5 Å². The minimum Gasteiger partial charge on any atom is -0.497 e. The highest BCUT2D eigenvalue weighted by Gasteiger charge is 2.31. The van der Waals surface area contributed by atoms with E-state index in [1.807, 2.05) is 45.0 Å². The standard InChI is InChI=1S/C26H37N3O5S/c1-6-8-17-27-26(31)24(7-2)28(18-21-12-10-9-11-20(21)3)25(30)19-29(35(5,32)33)22-13-15-23(34-4)16-14-22/h9-16,24H,6-8,17-19H2,1-5H3,(H,27,31)/t24-/m0/s1. The van der Waals surface area contributed by atoms with Gasteiger partial charge in [-0.25, -0.2) is 8.42 Å². The van der Waals surface area contributed by atoms with E-state index in [9.17, 15) is 18.0 Å². The summed E-state index contributed by atoms with van der Waals surface area (Å²) in [5, 5.41) is 2.92. The third kappa shape index (κ3) is 7.99. The molecule has 0 radical (unpaired) electrons. The second-order valence-electron chi connectivity index (χ2n) is 8.48. The van der Waals surface area contributed by atoms with Gasteiger partial charge < -0.3 is 15.0 Å². The smallest absolute Gasteiger partial charge is 0.244 e. The molecule has 192 valence electrons. The van der Waals surface area contributed by atoms with Crippen molar-refractivity contribution in [2.45, 2.75) is 52.6 Å². The van der Waals surface area contributed by atoms with Crippen LogP contribution in [0.3, 0.4) is 0 Å². The molecule has 9 heteroatoms. The Balaban J connectivity index is 2.40. The maximum atomic E-state index is 13.7. The molecule has 0 saturated carbocycles. The number of amides is 2. The average Bonchev–Trinajstić information content (AvgIpc) is 2.83. The van der Waals surface area contributed by atoms with Crippen molar-refractivity contribution in [2.75, 3.05) is 30.8 Å². The number of carbonyl (C=O) groups excluding carboxylic acids is 2. The number of rotatable bonds is 13. The van der Waals surface area contributed by atoms with Crippen molar-refractivity contribution in [2.24, 2.45) is 0 Å². The third-order valence-corrected chi connectivity index (χ3v) is 7.00. The maximum Gasteiger partial charge on any atom is 0.244 e. The first-order chi connectivity index (χ1) is 16.6. The molecule has 0 saturated heterocycles. The van der Waals surface area contributed by atoms with Gasteiger partial charge in [0.15, 0.2) is 0 Å². The van der Waals surface area contributed by atoms with Crippen LogP contribution in [0, 0.1) is 6.92 Å². The maximum absolute atomic E-state index is 13.7. The topological polar surface area (TPSA) is 96.0 Å². The van der Waals surface area contributed by atoms with E-state index in [0.29, 0.717) is 24.4 Å². The van der Waals surface area contributed by atoms with Crippen LogP contribution in [0.4, 0.5) is 5.69 Å². The van der Waals surface area contributed by atoms with Gasteiger partial charge in [-0.05, 0) is 55.2 Å². The van der Waals surface area contributed by atoms with Gasteiger partial charge in [-0.3, -0.25) is 13.9 Å². The number of sulfonamides is 1. The first-order valence-corrected chi connectivity index (χ1v) is 13.7. The average molecular weight is 504 g/mol. The van der Waals surface area contributed by atoms with E-state index in [2.05, 4.69) is 5.32 Å². The Morgan fingerprint density at radius 2 is 1.71 bits per heavy atom. The molecule has 35 heavy (non-hydrogen) atoms. The number of hydrogen-bond donors (Lipinski definition) is 1. The molecule has 8 nitrogen and oxygen atoms in total. The van der Waals surface area contributed by atoms with Crippen LogP contribution in [0.1, 0.15) is 44.2 Å². The minimum atomic E-state index is -3.77. The number of hydrogen-bond acceptors (Lipinski definition) is 5. The fourth-order valence-electron chi connectivity index (χ4n) is 3.76. The van der Waals surface area contributed by atoms with Crippen molar-refractivity contribution in [3.8, 4) is 5.75 Å². The molecule has 0 aliphatic heterocycles. The van der Waals surface area contributed by atoms with Gasteiger partial charge in [0.25, 0.3) is 0 Å². The summed E-state index contributed by atoms with van der Waals surface area (Å²) in [6.07, 6.45) is 3.24. The van der Waals surface area contributed by atoms with Crippen LogP contribution >= 0.6 is 0 Å². The van der Waals surface area contributed by atoms with Crippen LogP contribution in [0.5, 0.6) is 5.75 Å². The Hall–Kier alpha value is -3.07. The summed E-state index contributed by atoms with van der Waals surface area (Å²) in [7, 11) is -2.25. The lowest BCUT2D eigenvalue weighted by atomic mass is 10.1. The van der Waals surface area contributed by atoms with Gasteiger partial charge in [-0.15, -0.1) is 0 Å².